The number of amides is 1. The summed E-state index contributed by atoms with van der Waals surface area (Å²) in [6.45, 7) is 2.12. The topological polar surface area (TPSA) is 82.2 Å². The van der Waals surface area contributed by atoms with Crippen LogP contribution in [-0.4, -0.2) is 35.4 Å². The van der Waals surface area contributed by atoms with E-state index in [-0.39, 0.29) is 5.91 Å². The van der Waals surface area contributed by atoms with Crippen molar-refractivity contribution in [1.82, 2.24) is 15.1 Å². The molecule has 0 saturated carbocycles. The second-order valence-corrected chi connectivity index (χ2v) is 5.14. The minimum atomic E-state index is -0.171. The highest BCUT2D eigenvalue weighted by molar-refractivity contribution is 5.92. The van der Waals surface area contributed by atoms with E-state index in [0.717, 1.165) is 25.3 Å². The SMILES string of the molecule is Nc1ccccc1-n1ccc(C(=O)NCC2CCOC2)n1. The van der Waals surface area contributed by atoms with Gasteiger partial charge in [0.25, 0.3) is 5.91 Å². The Labute approximate surface area is 122 Å². The number of nitrogens with zero attached hydrogens (tertiary/aromatic N) is 2. The number of carbonyl (C=O) groups is 1. The van der Waals surface area contributed by atoms with Gasteiger partial charge in [-0.15, -0.1) is 0 Å². The summed E-state index contributed by atoms with van der Waals surface area (Å²) >= 11 is 0. The molecule has 1 aliphatic heterocycles. The van der Waals surface area contributed by atoms with E-state index in [4.69, 9.17) is 10.5 Å². The standard InChI is InChI=1S/C15H18N4O2/c16-12-3-1-2-4-14(12)19-7-5-13(18-19)15(20)17-9-11-6-8-21-10-11/h1-5,7,11H,6,8-10,16H2,(H,17,20). The Bertz CT molecular complexity index is 632. The molecule has 1 aromatic carbocycles. The number of hydrogen-bond donors (Lipinski definition) is 2. The average molecular weight is 286 g/mol. The van der Waals surface area contributed by atoms with Crippen molar-refractivity contribution in [1.29, 1.82) is 0 Å². The first-order chi connectivity index (χ1) is 10.2. The van der Waals surface area contributed by atoms with E-state index in [0.29, 0.717) is 23.8 Å². The molecule has 21 heavy (non-hydrogen) atoms. The predicted octanol–water partition coefficient (Wildman–Crippen LogP) is 1.22. The fraction of sp³-hybridized carbons (Fsp3) is 0.333. The number of aromatic nitrogens is 2. The lowest BCUT2D eigenvalue weighted by Gasteiger charge is -2.08. The molecule has 2 aromatic rings. The van der Waals surface area contributed by atoms with Gasteiger partial charge < -0.3 is 15.8 Å². The molecule has 6 heteroatoms. The van der Waals surface area contributed by atoms with Gasteiger partial charge in [0.15, 0.2) is 5.69 Å². The summed E-state index contributed by atoms with van der Waals surface area (Å²) in [4.78, 5) is 12.1. The van der Waals surface area contributed by atoms with Gasteiger partial charge in [-0.1, -0.05) is 12.1 Å². The van der Waals surface area contributed by atoms with E-state index in [1.54, 1.807) is 23.0 Å². The molecular formula is C15H18N4O2. The Morgan fingerprint density at radius 3 is 3.05 bits per heavy atom. The first kappa shape index (κ1) is 13.6. The number of para-hydroxylation sites is 2. The number of anilines is 1. The van der Waals surface area contributed by atoms with Crippen LogP contribution in [0.3, 0.4) is 0 Å². The minimum absolute atomic E-state index is 0.171. The third-order valence-electron chi connectivity index (χ3n) is 3.58. The summed E-state index contributed by atoms with van der Waals surface area (Å²) in [5.74, 6) is 0.232. The molecule has 1 aliphatic rings. The molecule has 1 fully saturated rings. The van der Waals surface area contributed by atoms with Crippen LogP contribution in [0.4, 0.5) is 5.69 Å². The van der Waals surface area contributed by atoms with E-state index in [1.807, 2.05) is 18.2 Å². The van der Waals surface area contributed by atoms with Crippen LogP contribution < -0.4 is 11.1 Å². The van der Waals surface area contributed by atoms with Gasteiger partial charge in [0, 0.05) is 25.3 Å². The van der Waals surface area contributed by atoms with Gasteiger partial charge in [-0.3, -0.25) is 4.79 Å². The lowest BCUT2D eigenvalue weighted by molar-refractivity contribution is 0.0939. The van der Waals surface area contributed by atoms with Crippen LogP contribution >= 0.6 is 0 Å². The Hall–Kier alpha value is -2.34. The van der Waals surface area contributed by atoms with Crippen molar-refractivity contribution in [3.05, 3.63) is 42.2 Å². The van der Waals surface area contributed by atoms with Crippen LogP contribution in [0.25, 0.3) is 5.69 Å². The van der Waals surface area contributed by atoms with Gasteiger partial charge in [-0.2, -0.15) is 5.10 Å². The molecule has 0 radical (unpaired) electrons. The largest absolute Gasteiger partial charge is 0.397 e. The predicted molar refractivity (Wildman–Crippen MR) is 79.2 cm³/mol. The smallest absolute Gasteiger partial charge is 0.271 e. The average Bonchev–Trinajstić information content (AvgIpc) is 3.17. The molecule has 1 unspecified atom stereocenters. The maximum absolute atomic E-state index is 12.1. The second kappa shape index (κ2) is 5.97. The van der Waals surface area contributed by atoms with Crippen LogP contribution in [0.15, 0.2) is 36.5 Å². The molecule has 1 atom stereocenters. The van der Waals surface area contributed by atoms with E-state index >= 15 is 0 Å². The number of carbonyl (C=O) groups excluding carboxylic acids is 1. The molecule has 3 rings (SSSR count). The van der Waals surface area contributed by atoms with Crippen molar-refractivity contribution in [2.45, 2.75) is 6.42 Å². The Kier molecular flexibility index (Phi) is 3.87. The summed E-state index contributed by atoms with van der Waals surface area (Å²) in [6.07, 6.45) is 2.73. The van der Waals surface area contributed by atoms with Crippen LogP contribution in [0.1, 0.15) is 16.9 Å². The first-order valence-corrected chi connectivity index (χ1v) is 7.00. The van der Waals surface area contributed by atoms with Gasteiger partial charge in [0.1, 0.15) is 0 Å². The van der Waals surface area contributed by atoms with E-state index in [2.05, 4.69) is 10.4 Å². The van der Waals surface area contributed by atoms with Crippen LogP contribution in [0.5, 0.6) is 0 Å². The normalized spacial score (nSPS) is 17.8. The number of nitrogen functional groups attached to an aromatic ring is 1. The van der Waals surface area contributed by atoms with Gasteiger partial charge >= 0.3 is 0 Å². The lowest BCUT2D eigenvalue weighted by atomic mass is 10.1. The minimum Gasteiger partial charge on any atom is -0.397 e. The van der Waals surface area contributed by atoms with Crippen molar-refractivity contribution in [3.63, 3.8) is 0 Å². The molecule has 1 aromatic heterocycles. The molecule has 6 nitrogen and oxygen atoms in total. The van der Waals surface area contributed by atoms with Crippen molar-refractivity contribution >= 4 is 11.6 Å². The highest BCUT2D eigenvalue weighted by Gasteiger charge is 2.17. The number of rotatable bonds is 4. The Balaban J connectivity index is 1.66. The Morgan fingerprint density at radius 1 is 1.43 bits per heavy atom. The molecule has 1 amide bonds. The molecule has 1 saturated heterocycles. The van der Waals surface area contributed by atoms with Gasteiger partial charge in [0.05, 0.1) is 18.0 Å². The maximum Gasteiger partial charge on any atom is 0.271 e. The monoisotopic (exact) mass is 286 g/mol. The van der Waals surface area contributed by atoms with E-state index in [1.165, 1.54) is 0 Å². The quantitative estimate of drug-likeness (QED) is 0.828. The Morgan fingerprint density at radius 2 is 2.29 bits per heavy atom. The highest BCUT2D eigenvalue weighted by Crippen LogP contribution is 2.16. The summed E-state index contributed by atoms with van der Waals surface area (Å²) in [7, 11) is 0. The zero-order chi connectivity index (χ0) is 14.7. The number of nitrogens with one attached hydrogen (secondary N) is 1. The van der Waals surface area contributed by atoms with E-state index < -0.39 is 0 Å². The molecule has 3 N–H and O–H groups in total. The summed E-state index contributed by atoms with van der Waals surface area (Å²) < 4.78 is 6.90. The molecule has 0 bridgehead atoms. The van der Waals surface area contributed by atoms with Crippen molar-refractivity contribution in [2.24, 2.45) is 5.92 Å². The number of benzene rings is 1. The van der Waals surface area contributed by atoms with Gasteiger partial charge in [-0.05, 0) is 24.6 Å². The summed E-state index contributed by atoms with van der Waals surface area (Å²) in [6, 6.07) is 9.09. The first-order valence-electron chi connectivity index (χ1n) is 7.00. The molecule has 2 heterocycles. The fourth-order valence-corrected chi connectivity index (χ4v) is 2.35. The van der Waals surface area contributed by atoms with Gasteiger partial charge in [-0.25, -0.2) is 4.68 Å². The van der Waals surface area contributed by atoms with Gasteiger partial charge in [0.2, 0.25) is 0 Å². The van der Waals surface area contributed by atoms with Crippen LogP contribution in [0, 0.1) is 5.92 Å². The molecule has 0 spiro atoms. The lowest BCUT2D eigenvalue weighted by Crippen LogP contribution is -2.29. The van der Waals surface area contributed by atoms with E-state index in [9.17, 15) is 4.79 Å². The molecule has 0 aliphatic carbocycles. The summed E-state index contributed by atoms with van der Waals surface area (Å²) in [5, 5.41) is 7.17. The number of ether oxygens (including phenoxy) is 1. The third kappa shape index (κ3) is 3.05. The van der Waals surface area contributed by atoms with Crippen molar-refractivity contribution in [2.75, 3.05) is 25.5 Å². The van der Waals surface area contributed by atoms with Crippen molar-refractivity contribution < 1.29 is 9.53 Å². The van der Waals surface area contributed by atoms with Crippen LogP contribution in [-0.2, 0) is 4.74 Å². The molecule has 110 valence electrons. The third-order valence-corrected chi connectivity index (χ3v) is 3.58. The molecular weight excluding hydrogens is 268 g/mol. The zero-order valence-electron chi connectivity index (χ0n) is 11.7. The van der Waals surface area contributed by atoms with Crippen molar-refractivity contribution in [3.8, 4) is 5.69 Å². The zero-order valence-corrected chi connectivity index (χ0v) is 11.7. The number of hydrogen-bond acceptors (Lipinski definition) is 4. The maximum atomic E-state index is 12.1. The highest BCUT2D eigenvalue weighted by atomic mass is 16.5. The van der Waals surface area contributed by atoms with Crippen LogP contribution in [0.2, 0.25) is 0 Å². The number of nitrogens with two attached hydrogens (primary N) is 1. The summed E-state index contributed by atoms with van der Waals surface area (Å²) in [5.41, 5.74) is 7.68. The second-order valence-electron chi connectivity index (χ2n) is 5.14. The fourth-order valence-electron chi connectivity index (χ4n) is 2.35.